The Morgan fingerprint density at radius 3 is 3.05 bits per heavy atom. The van der Waals surface area contributed by atoms with Crippen LogP contribution < -0.4 is 5.73 Å². The number of nitrogen functional groups attached to an aromatic ring is 1. The van der Waals surface area contributed by atoms with Gasteiger partial charge in [0.05, 0.1) is 24.0 Å². The van der Waals surface area contributed by atoms with Crippen LogP contribution in [0.3, 0.4) is 0 Å². The molecule has 2 rings (SSSR count). The summed E-state index contributed by atoms with van der Waals surface area (Å²) in [5.41, 5.74) is 5.88. The zero-order chi connectivity index (χ0) is 14.0. The molecule has 1 aliphatic heterocycles. The number of hydrogen-bond donors (Lipinski definition) is 2. The number of nitrogens with zero attached hydrogens (tertiary/aromatic N) is 2. The van der Waals surface area contributed by atoms with Crippen molar-refractivity contribution in [2.45, 2.75) is 25.6 Å². The highest BCUT2D eigenvalue weighted by atomic mass is 16.5. The quantitative estimate of drug-likeness (QED) is 0.801. The summed E-state index contributed by atoms with van der Waals surface area (Å²) in [6, 6.07) is 3.33. The van der Waals surface area contributed by atoms with Crippen LogP contribution in [-0.4, -0.2) is 52.3 Å². The molecule has 1 aromatic rings. The van der Waals surface area contributed by atoms with Crippen LogP contribution >= 0.6 is 0 Å². The van der Waals surface area contributed by atoms with Crippen molar-refractivity contribution in [3.63, 3.8) is 0 Å². The van der Waals surface area contributed by atoms with Crippen molar-refractivity contribution in [2.24, 2.45) is 0 Å². The van der Waals surface area contributed by atoms with Gasteiger partial charge in [0.25, 0.3) is 5.91 Å². The molecule has 3 N–H and O–H groups in total. The van der Waals surface area contributed by atoms with Crippen molar-refractivity contribution in [1.29, 1.82) is 0 Å². The SMILES string of the molecule is CC1(C)CN(C(=O)c2ncccc2N)CC(CO)O1. The van der Waals surface area contributed by atoms with E-state index in [9.17, 15) is 9.90 Å². The molecule has 0 bridgehead atoms. The van der Waals surface area contributed by atoms with Crippen molar-refractivity contribution in [1.82, 2.24) is 9.88 Å². The number of aliphatic hydroxyl groups excluding tert-OH is 1. The lowest BCUT2D eigenvalue weighted by Gasteiger charge is -2.42. The summed E-state index contributed by atoms with van der Waals surface area (Å²) < 4.78 is 5.67. The number of pyridine rings is 1. The van der Waals surface area contributed by atoms with Crippen molar-refractivity contribution >= 4 is 11.6 Å². The summed E-state index contributed by atoms with van der Waals surface area (Å²) in [6.45, 7) is 4.44. The van der Waals surface area contributed by atoms with Gasteiger partial charge in [0.1, 0.15) is 0 Å². The van der Waals surface area contributed by atoms with E-state index >= 15 is 0 Å². The third-order valence-electron chi connectivity index (χ3n) is 3.01. The fourth-order valence-electron chi connectivity index (χ4n) is 2.29. The average Bonchev–Trinajstić information content (AvgIpc) is 2.36. The fraction of sp³-hybridized carbons (Fsp3) is 0.538. The van der Waals surface area contributed by atoms with Crippen LogP contribution in [0, 0.1) is 0 Å². The topological polar surface area (TPSA) is 88.7 Å². The van der Waals surface area contributed by atoms with Gasteiger partial charge in [-0.1, -0.05) is 0 Å². The van der Waals surface area contributed by atoms with Crippen LogP contribution in [0.4, 0.5) is 5.69 Å². The molecular weight excluding hydrogens is 246 g/mol. The number of ether oxygens (including phenoxy) is 1. The first-order valence-electron chi connectivity index (χ1n) is 6.21. The number of morpholine rings is 1. The Hall–Kier alpha value is -1.66. The molecule has 1 amide bonds. The molecule has 6 heteroatoms. The van der Waals surface area contributed by atoms with Gasteiger partial charge < -0.3 is 20.5 Å². The highest BCUT2D eigenvalue weighted by Gasteiger charge is 2.36. The molecule has 0 aliphatic carbocycles. The molecule has 1 aromatic heterocycles. The summed E-state index contributed by atoms with van der Waals surface area (Å²) in [7, 11) is 0. The van der Waals surface area contributed by atoms with Crippen LogP contribution in [0.5, 0.6) is 0 Å². The number of nitrogens with two attached hydrogens (primary N) is 1. The molecule has 0 saturated carbocycles. The van der Waals surface area contributed by atoms with Gasteiger partial charge in [-0.3, -0.25) is 4.79 Å². The second-order valence-electron chi connectivity index (χ2n) is 5.31. The lowest BCUT2D eigenvalue weighted by Crippen LogP contribution is -2.55. The predicted molar refractivity (Wildman–Crippen MR) is 70.6 cm³/mol. The second-order valence-corrected chi connectivity index (χ2v) is 5.31. The highest BCUT2D eigenvalue weighted by Crippen LogP contribution is 2.23. The molecule has 1 aliphatic rings. The van der Waals surface area contributed by atoms with Gasteiger partial charge in [0.15, 0.2) is 5.69 Å². The number of rotatable bonds is 2. The fourth-order valence-corrected chi connectivity index (χ4v) is 2.29. The molecule has 1 atom stereocenters. The van der Waals surface area contributed by atoms with Crippen LogP contribution in [0.2, 0.25) is 0 Å². The van der Waals surface area contributed by atoms with Crippen molar-refractivity contribution in [3.05, 3.63) is 24.0 Å². The maximum atomic E-state index is 12.4. The lowest BCUT2D eigenvalue weighted by atomic mass is 10.0. The Morgan fingerprint density at radius 1 is 1.68 bits per heavy atom. The molecular formula is C13H19N3O3. The van der Waals surface area contributed by atoms with Gasteiger partial charge in [-0.2, -0.15) is 0 Å². The molecule has 0 spiro atoms. The largest absolute Gasteiger partial charge is 0.397 e. The van der Waals surface area contributed by atoms with E-state index in [0.717, 1.165) is 0 Å². The Morgan fingerprint density at radius 2 is 2.42 bits per heavy atom. The zero-order valence-electron chi connectivity index (χ0n) is 11.2. The average molecular weight is 265 g/mol. The van der Waals surface area contributed by atoms with E-state index in [-0.39, 0.29) is 24.3 Å². The second kappa shape index (κ2) is 5.14. The zero-order valence-corrected chi connectivity index (χ0v) is 11.2. The maximum Gasteiger partial charge on any atom is 0.274 e. The van der Waals surface area contributed by atoms with E-state index in [1.54, 1.807) is 23.2 Å². The number of anilines is 1. The van der Waals surface area contributed by atoms with E-state index in [2.05, 4.69) is 4.98 Å². The molecule has 104 valence electrons. The summed E-state index contributed by atoms with van der Waals surface area (Å²) in [5.74, 6) is -0.229. The first-order valence-corrected chi connectivity index (χ1v) is 6.21. The van der Waals surface area contributed by atoms with E-state index in [1.807, 2.05) is 13.8 Å². The first kappa shape index (κ1) is 13.8. The smallest absolute Gasteiger partial charge is 0.274 e. The number of carbonyl (C=O) groups excluding carboxylic acids is 1. The third-order valence-corrected chi connectivity index (χ3v) is 3.01. The summed E-state index contributed by atoms with van der Waals surface area (Å²) >= 11 is 0. The normalized spacial score (nSPS) is 22.3. The Kier molecular flexibility index (Phi) is 3.73. The van der Waals surface area contributed by atoms with E-state index in [4.69, 9.17) is 10.5 Å². The van der Waals surface area contributed by atoms with E-state index < -0.39 is 5.60 Å². The van der Waals surface area contributed by atoms with Gasteiger partial charge in [-0.05, 0) is 26.0 Å². The maximum absolute atomic E-state index is 12.4. The summed E-state index contributed by atoms with van der Waals surface area (Å²) in [4.78, 5) is 18.1. The minimum atomic E-state index is -0.495. The molecule has 0 radical (unpaired) electrons. The van der Waals surface area contributed by atoms with Crippen molar-refractivity contribution in [2.75, 3.05) is 25.4 Å². The van der Waals surface area contributed by atoms with E-state index in [0.29, 0.717) is 18.8 Å². The van der Waals surface area contributed by atoms with Gasteiger partial charge in [-0.15, -0.1) is 0 Å². The van der Waals surface area contributed by atoms with Crippen molar-refractivity contribution in [3.8, 4) is 0 Å². The Bertz CT molecular complexity index is 476. The monoisotopic (exact) mass is 265 g/mol. The predicted octanol–water partition coefficient (Wildman–Crippen LogP) is 0.276. The molecule has 1 saturated heterocycles. The number of aliphatic hydroxyl groups is 1. The Labute approximate surface area is 112 Å². The van der Waals surface area contributed by atoms with E-state index in [1.165, 1.54) is 0 Å². The number of aromatic nitrogens is 1. The number of carbonyl (C=O) groups is 1. The molecule has 0 aromatic carbocycles. The minimum Gasteiger partial charge on any atom is -0.397 e. The third kappa shape index (κ3) is 3.02. The Balaban J connectivity index is 2.21. The van der Waals surface area contributed by atoms with Gasteiger partial charge >= 0.3 is 0 Å². The van der Waals surface area contributed by atoms with Crippen LogP contribution in [0.25, 0.3) is 0 Å². The van der Waals surface area contributed by atoms with Crippen LogP contribution in [0.15, 0.2) is 18.3 Å². The molecule has 1 unspecified atom stereocenters. The lowest BCUT2D eigenvalue weighted by molar-refractivity contribution is -0.139. The van der Waals surface area contributed by atoms with Gasteiger partial charge in [0.2, 0.25) is 0 Å². The van der Waals surface area contributed by atoms with Gasteiger partial charge in [0, 0.05) is 19.3 Å². The summed E-state index contributed by atoms with van der Waals surface area (Å²) in [5, 5.41) is 9.24. The van der Waals surface area contributed by atoms with Crippen molar-refractivity contribution < 1.29 is 14.6 Å². The minimum absolute atomic E-state index is 0.120. The van der Waals surface area contributed by atoms with Crippen LogP contribution in [-0.2, 0) is 4.74 Å². The van der Waals surface area contributed by atoms with Crippen LogP contribution in [0.1, 0.15) is 24.3 Å². The molecule has 1 fully saturated rings. The molecule has 2 heterocycles. The number of hydrogen-bond acceptors (Lipinski definition) is 5. The van der Waals surface area contributed by atoms with Gasteiger partial charge in [-0.25, -0.2) is 4.98 Å². The molecule has 6 nitrogen and oxygen atoms in total. The number of amides is 1. The molecule has 19 heavy (non-hydrogen) atoms. The highest BCUT2D eigenvalue weighted by molar-refractivity contribution is 5.97. The first-order chi connectivity index (χ1) is 8.93. The standard InChI is InChI=1S/C13H19N3O3/c1-13(2)8-16(6-9(7-17)19-13)12(18)11-10(14)4-3-5-15-11/h3-5,9,17H,6-8,14H2,1-2H3. The summed E-state index contributed by atoms with van der Waals surface area (Å²) in [6.07, 6.45) is 1.16.